The summed E-state index contributed by atoms with van der Waals surface area (Å²) >= 11 is 0. The fraction of sp³-hybridized carbons (Fsp3) is 0.667. The van der Waals surface area contributed by atoms with E-state index in [4.69, 9.17) is 4.74 Å². The molecule has 0 aromatic carbocycles. The van der Waals surface area contributed by atoms with Gasteiger partial charge < -0.3 is 15.4 Å². The van der Waals surface area contributed by atoms with Gasteiger partial charge in [0, 0.05) is 19.1 Å². The van der Waals surface area contributed by atoms with Gasteiger partial charge in [0.05, 0.1) is 24.0 Å². The molecule has 2 unspecified atom stereocenters. The molecule has 2 rings (SSSR count). The van der Waals surface area contributed by atoms with Crippen LogP contribution in [-0.4, -0.2) is 41.2 Å². The molecular weight excluding hydrogens is 268 g/mol. The molecule has 1 saturated heterocycles. The Labute approximate surface area is 125 Å². The Bertz CT molecular complexity index is 504. The maximum Gasteiger partial charge on any atom is 0.272 e. The predicted molar refractivity (Wildman–Crippen MR) is 81.6 cm³/mol. The zero-order valence-electron chi connectivity index (χ0n) is 13.1. The van der Waals surface area contributed by atoms with Gasteiger partial charge >= 0.3 is 0 Å². The molecule has 0 spiro atoms. The first kappa shape index (κ1) is 15.7. The molecule has 0 bridgehead atoms. The number of carbonyl (C=O) groups excluding carboxylic acids is 1. The molecule has 2 heterocycles. The predicted octanol–water partition coefficient (Wildman–Crippen LogP) is 1.94. The molecule has 21 heavy (non-hydrogen) atoms. The first-order chi connectivity index (χ1) is 10.0. The number of amides is 1. The van der Waals surface area contributed by atoms with Gasteiger partial charge in [0.25, 0.3) is 5.91 Å². The lowest BCUT2D eigenvalue weighted by Gasteiger charge is -2.17. The van der Waals surface area contributed by atoms with Crippen molar-refractivity contribution in [2.24, 2.45) is 0 Å². The number of nitrogens with one attached hydrogen (secondary N) is 2. The molecular formula is C15H24N4O2. The van der Waals surface area contributed by atoms with Crippen LogP contribution in [0.3, 0.4) is 0 Å². The van der Waals surface area contributed by atoms with Gasteiger partial charge in [-0.05, 0) is 20.3 Å². The first-order valence-corrected chi connectivity index (χ1v) is 7.56. The summed E-state index contributed by atoms with van der Waals surface area (Å²) in [7, 11) is 0. The Hall–Kier alpha value is -1.69. The summed E-state index contributed by atoms with van der Waals surface area (Å²) < 4.78 is 5.48. The van der Waals surface area contributed by atoms with Crippen LogP contribution in [0.15, 0.2) is 6.20 Å². The quantitative estimate of drug-likeness (QED) is 0.867. The van der Waals surface area contributed by atoms with E-state index in [0.717, 1.165) is 6.42 Å². The molecule has 1 aromatic rings. The molecule has 1 aromatic heterocycles. The Morgan fingerprint density at radius 3 is 2.86 bits per heavy atom. The number of hydrogen-bond donors (Lipinski definition) is 2. The van der Waals surface area contributed by atoms with Crippen molar-refractivity contribution in [1.29, 1.82) is 0 Å². The van der Waals surface area contributed by atoms with E-state index in [1.165, 1.54) is 0 Å². The SMILES string of the molecule is CCNc1cnc(C(C)C)nc1C(=O)NC1CCOC1C. The van der Waals surface area contributed by atoms with E-state index < -0.39 is 0 Å². The summed E-state index contributed by atoms with van der Waals surface area (Å²) in [6, 6.07) is 0.0458. The van der Waals surface area contributed by atoms with Crippen molar-refractivity contribution in [2.45, 2.75) is 52.2 Å². The molecule has 1 aliphatic heterocycles. The van der Waals surface area contributed by atoms with E-state index in [0.29, 0.717) is 30.4 Å². The summed E-state index contributed by atoms with van der Waals surface area (Å²) in [6.07, 6.45) is 2.57. The van der Waals surface area contributed by atoms with Gasteiger partial charge in [-0.1, -0.05) is 13.8 Å². The highest BCUT2D eigenvalue weighted by Gasteiger charge is 2.27. The number of nitrogens with zero attached hydrogens (tertiary/aromatic N) is 2. The molecule has 0 aliphatic carbocycles. The van der Waals surface area contributed by atoms with Crippen LogP contribution >= 0.6 is 0 Å². The Morgan fingerprint density at radius 2 is 2.29 bits per heavy atom. The van der Waals surface area contributed by atoms with Crippen LogP contribution in [0.2, 0.25) is 0 Å². The number of ether oxygens (including phenoxy) is 1. The van der Waals surface area contributed by atoms with Crippen LogP contribution in [0.4, 0.5) is 5.69 Å². The van der Waals surface area contributed by atoms with E-state index >= 15 is 0 Å². The normalized spacial score (nSPS) is 21.6. The standard InChI is InChI=1S/C15H24N4O2/c1-5-16-12-8-17-14(9(2)3)19-13(12)15(20)18-11-6-7-21-10(11)4/h8-11,16H,5-7H2,1-4H3,(H,18,20). The minimum absolute atomic E-state index is 0.0444. The Morgan fingerprint density at radius 1 is 1.52 bits per heavy atom. The molecule has 0 radical (unpaired) electrons. The van der Waals surface area contributed by atoms with Crippen molar-refractivity contribution < 1.29 is 9.53 Å². The molecule has 2 N–H and O–H groups in total. The van der Waals surface area contributed by atoms with Crippen LogP contribution < -0.4 is 10.6 Å². The highest BCUT2D eigenvalue weighted by molar-refractivity contribution is 5.97. The van der Waals surface area contributed by atoms with Crippen molar-refractivity contribution in [3.05, 3.63) is 17.7 Å². The van der Waals surface area contributed by atoms with Crippen molar-refractivity contribution in [1.82, 2.24) is 15.3 Å². The lowest BCUT2D eigenvalue weighted by Crippen LogP contribution is -2.40. The second-order valence-corrected chi connectivity index (χ2v) is 5.62. The Kier molecular flexibility index (Phi) is 5.12. The molecule has 1 amide bonds. The van der Waals surface area contributed by atoms with Crippen LogP contribution in [0.1, 0.15) is 56.3 Å². The molecule has 6 nitrogen and oxygen atoms in total. The van der Waals surface area contributed by atoms with Crippen LogP contribution in [0.25, 0.3) is 0 Å². The van der Waals surface area contributed by atoms with Crippen molar-refractivity contribution in [3.63, 3.8) is 0 Å². The minimum atomic E-state index is -0.169. The summed E-state index contributed by atoms with van der Waals surface area (Å²) in [5, 5.41) is 6.16. The van der Waals surface area contributed by atoms with E-state index in [9.17, 15) is 4.79 Å². The number of aromatic nitrogens is 2. The van der Waals surface area contributed by atoms with Crippen LogP contribution in [-0.2, 0) is 4.74 Å². The fourth-order valence-electron chi connectivity index (χ4n) is 2.32. The number of hydrogen-bond acceptors (Lipinski definition) is 5. The van der Waals surface area contributed by atoms with Crippen molar-refractivity contribution in [2.75, 3.05) is 18.5 Å². The number of rotatable bonds is 5. The molecule has 1 aliphatic rings. The van der Waals surface area contributed by atoms with Gasteiger partial charge in [0.2, 0.25) is 0 Å². The largest absolute Gasteiger partial charge is 0.382 e. The average molecular weight is 292 g/mol. The second-order valence-electron chi connectivity index (χ2n) is 5.62. The van der Waals surface area contributed by atoms with E-state index in [1.54, 1.807) is 6.20 Å². The fourth-order valence-corrected chi connectivity index (χ4v) is 2.32. The van der Waals surface area contributed by atoms with Gasteiger partial charge in [-0.3, -0.25) is 4.79 Å². The van der Waals surface area contributed by atoms with Crippen LogP contribution in [0, 0.1) is 0 Å². The van der Waals surface area contributed by atoms with E-state index in [1.807, 2.05) is 27.7 Å². The summed E-state index contributed by atoms with van der Waals surface area (Å²) in [6.45, 7) is 9.38. The molecule has 6 heteroatoms. The molecule has 116 valence electrons. The lowest BCUT2D eigenvalue weighted by atomic mass is 10.1. The van der Waals surface area contributed by atoms with E-state index in [2.05, 4.69) is 20.6 Å². The van der Waals surface area contributed by atoms with Gasteiger partial charge in [-0.2, -0.15) is 0 Å². The van der Waals surface area contributed by atoms with Crippen molar-refractivity contribution >= 4 is 11.6 Å². The smallest absolute Gasteiger partial charge is 0.272 e. The monoisotopic (exact) mass is 292 g/mol. The zero-order valence-corrected chi connectivity index (χ0v) is 13.1. The van der Waals surface area contributed by atoms with Gasteiger partial charge in [0.15, 0.2) is 5.69 Å². The van der Waals surface area contributed by atoms with Gasteiger partial charge in [-0.15, -0.1) is 0 Å². The maximum atomic E-state index is 12.5. The molecule has 0 saturated carbocycles. The molecule has 1 fully saturated rings. The third kappa shape index (κ3) is 3.69. The maximum absolute atomic E-state index is 12.5. The first-order valence-electron chi connectivity index (χ1n) is 7.56. The highest BCUT2D eigenvalue weighted by atomic mass is 16.5. The number of carbonyl (C=O) groups is 1. The summed E-state index contributed by atoms with van der Waals surface area (Å²) in [4.78, 5) is 21.3. The second kappa shape index (κ2) is 6.85. The topological polar surface area (TPSA) is 76.1 Å². The third-order valence-electron chi connectivity index (χ3n) is 3.60. The van der Waals surface area contributed by atoms with Gasteiger partial charge in [0.1, 0.15) is 5.82 Å². The lowest BCUT2D eigenvalue weighted by molar-refractivity contribution is 0.0862. The molecule has 2 atom stereocenters. The Balaban J connectivity index is 2.22. The minimum Gasteiger partial charge on any atom is -0.382 e. The van der Waals surface area contributed by atoms with Gasteiger partial charge in [-0.25, -0.2) is 9.97 Å². The van der Waals surface area contributed by atoms with Crippen LogP contribution in [0.5, 0.6) is 0 Å². The third-order valence-corrected chi connectivity index (χ3v) is 3.60. The van der Waals surface area contributed by atoms with Crippen molar-refractivity contribution in [3.8, 4) is 0 Å². The highest BCUT2D eigenvalue weighted by Crippen LogP contribution is 2.18. The zero-order chi connectivity index (χ0) is 15.4. The average Bonchev–Trinajstić information content (AvgIpc) is 2.84. The summed E-state index contributed by atoms with van der Waals surface area (Å²) in [5.74, 6) is 0.691. The summed E-state index contributed by atoms with van der Waals surface area (Å²) in [5.41, 5.74) is 1.08. The number of anilines is 1. The van der Waals surface area contributed by atoms with E-state index in [-0.39, 0.29) is 24.0 Å².